The van der Waals surface area contributed by atoms with E-state index in [0.717, 1.165) is 5.69 Å². The van der Waals surface area contributed by atoms with Crippen LogP contribution >= 0.6 is 0 Å². The van der Waals surface area contributed by atoms with Gasteiger partial charge in [0.25, 0.3) is 0 Å². The van der Waals surface area contributed by atoms with E-state index in [1.54, 1.807) is 17.9 Å². The van der Waals surface area contributed by atoms with Gasteiger partial charge in [-0.25, -0.2) is 4.79 Å². The lowest BCUT2D eigenvalue weighted by atomic mass is 10.1. The van der Waals surface area contributed by atoms with Crippen LogP contribution in [-0.2, 0) is 21.4 Å². The van der Waals surface area contributed by atoms with Crippen molar-refractivity contribution in [2.75, 3.05) is 7.11 Å². The minimum Gasteiger partial charge on any atom is -0.465 e. The number of carbonyl (C=O) groups excluding carboxylic acids is 2. The molecular weight excluding hydrogens is 222 g/mol. The molecule has 1 aromatic heterocycles. The van der Waals surface area contributed by atoms with Crippen molar-refractivity contribution in [2.45, 2.75) is 12.3 Å². The first-order valence-corrected chi connectivity index (χ1v) is 5.22. The van der Waals surface area contributed by atoms with Gasteiger partial charge in [0.05, 0.1) is 18.4 Å². The maximum atomic E-state index is 11.8. The molecule has 17 heavy (non-hydrogen) atoms. The fourth-order valence-corrected chi connectivity index (χ4v) is 1.79. The third-order valence-electron chi connectivity index (χ3n) is 2.86. The molecule has 2 atom stereocenters. The Balaban J connectivity index is 2.01. The van der Waals surface area contributed by atoms with E-state index in [1.807, 2.05) is 0 Å². The minimum atomic E-state index is -0.667. The molecule has 2 rings (SSSR count). The second kappa shape index (κ2) is 4.12. The minimum absolute atomic E-state index is 0.0533. The Labute approximate surface area is 98.3 Å². The van der Waals surface area contributed by atoms with Crippen LogP contribution in [0.2, 0.25) is 0 Å². The Bertz CT molecular complexity index is 492. The summed E-state index contributed by atoms with van der Waals surface area (Å²) in [5.41, 5.74) is 0.687. The van der Waals surface area contributed by atoms with Gasteiger partial charge in [-0.1, -0.05) is 11.8 Å². The van der Waals surface area contributed by atoms with Gasteiger partial charge in [0, 0.05) is 25.1 Å². The number of ether oxygens (including phenoxy) is 1. The number of aromatic nitrogens is 3. The third kappa shape index (κ3) is 2.11. The topological polar surface area (TPSA) is 74.1 Å². The highest BCUT2D eigenvalue weighted by molar-refractivity contribution is 6.18. The zero-order chi connectivity index (χ0) is 12.6. The maximum Gasteiger partial charge on any atom is 0.340 e. The summed E-state index contributed by atoms with van der Waals surface area (Å²) in [7, 11) is 3.00. The summed E-state index contributed by atoms with van der Waals surface area (Å²) < 4.78 is 6.05. The summed E-state index contributed by atoms with van der Waals surface area (Å²) >= 11 is 0. The Hall–Kier alpha value is -1.98. The summed E-state index contributed by atoms with van der Waals surface area (Å²) in [6.45, 7) is 3.45. The van der Waals surface area contributed by atoms with Crippen LogP contribution in [0.25, 0.3) is 0 Å². The lowest BCUT2D eigenvalue weighted by molar-refractivity contribution is -0.137. The monoisotopic (exact) mass is 235 g/mol. The molecule has 0 unspecified atom stereocenters. The molecule has 6 nitrogen and oxygen atoms in total. The highest BCUT2D eigenvalue weighted by Crippen LogP contribution is 2.48. The summed E-state index contributed by atoms with van der Waals surface area (Å²) in [5.74, 6) is -1.08. The van der Waals surface area contributed by atoms with Gasteiger partial charge >= 0.3 is 5.97 Å². The fraction of sp³-hybridized carbons (Fsp3) is 0.455. The number of carbonyl (C=O) groups is 2. The van der Waals surface area contributed by atoms with Crippen molar-refractivity contribution in [3.05, 3.63) is 24.0 Å². The quantitative estimate of drug-likeness (QED) is 0.323. The van der Waals surface area contributed by atoms with Crippen molar-refractivity contribution in [1.82, 2.24) is 15.0 Å². The normalized spacial score (nSPS) is 22.0. The lowest BCUT2D eigenvalue weighted by Gasteiger charge is -2.00. The van der Waals surface area contributed by atoms with Gasteiger partial charge in [0.2, 0.25) is 0 Å². The van der Waals surface area contributed by atoms with E-state index in [9.17, 15) is 9.59 Å². The molecule has 0 aromatic carbocycles. The summed E-state index contributed by atoms with van der Waals surface area (Å²) in [4.78, 5) is 23.0. The van der Waals surface area contributed by atoms with E-state index in [2.05, 4.69) is 21.6 Å². The number of ketones is 1. The van der Waals surface area contributed by atoms with Crippen molar-refractivity contribution in [3.63, 3.8) is 0 Å². The zero-order valence-electron chi connectivity index (χ0n) is 9.71. The number of aryl methyl sites for hydroxylation is 1. The third-order valence-corrected chi connectivity index (χ3v) is 2.86. The Morgan fingerprint density at radius 1 is 1.59 bits per heavy atom. The first kappa shape index (κ1) is 11.5. The van der Waals surface area contributed by atoms with Crippen molar-refractivity contribution in [2.24, 2.45) is 13.0 Å². The van der Waals surface area contributed by atoms with Crippen molar-refractivity contribution >= 4 is 11.8 Å². The van der Waals surface area contributed by atoms with Crippen molar-refractivity contribution in [3.8, 4) is 0 Å². The van der Waals surface area contributed by atoms with Crippen LogP contribution in [0.5, 0.6) is 0 Å². The second-order valence-corrected chi connectivity index (χ2v) is 4.10. The SMILES string of the molecule is C=C(C(=O)OC)C(=O)[C@@H]1C[C@H]1c1cn(C)nn1. The molecule has 0 spiro atoms. The number of methoxy groups -OCH3 is 1. The molecule has 1 fully saturated rings. The fourth-order valence-electron chi connectivity index (χ4n) is 1.79. The van der Waals surface area contributed by atoms with E-state index in [0.29, 0.717) is 6.42 Å². The van der Waals surface area contributed by atoms with Gasteiger partial charge in [0.1, 0.15) is 0 Å². The van der Waals surface area contributed by atoms with E-state index in [-0.39, 0.29) is 23.2 Å². The highest BCUT2D eigenvalue weighted by atomic mass is 16.5. The van der Waals surface area contributed by atoms with Gasteiger partial charge in [-0.15, -0.1) is 5.10 Å². The van der Waals surface area contributed by atoms with E-state index < -0.39 is 5.97 Å². The van der Waals surface area contributed by atoms with Crippen LogP contribution in [0, 0.1) is 5.92 Å². The van der Waals surface area contributed by atoms with Crippen LogP contribution in [-0.4, -0.2) is 33.9 Å². The molecular formula is C11H13N3O3. The van der Waals surface area contributed by atoms with E-state index >= 15 is 0 Å². The number of rotatable bonds is 4. The first-order chi connectivity index (χ1) is 8.04. The second-order valence-electron chi connectivity index (χ2n) is 4.10. The average Bonchev–Trinajstić information content (AvgIpc) is 3.02. The van der Waals surface area contributed by atoms with Gasteiger partial charge in [-0.05, 0) is 6.42 Å². The predicted octanol–water partition coefficient (Wildman–Crippen LogP) is 0.217. The van der Waals surface area contributed by atoms with E-state index in [1.165, 1.54) is 7.11 Å². The summed E-state index contributed by atoms with van der Waals surface area (Å²) in [6, 6.07) is 0. The molecule has 0 radical (unpaired) electrons. The van der Waals surface area contributed by atoms with Crippen LogP contribution in [0.3, 0.4) is 0 Å². The first-order valence-electron chi connectivity index (χ1n) is 5.22. The van der Waals surface area contributed by atoms with Gasteiger partial charge in [0.15, 0.2) is 5.78 Å². The molecule has 0 N–H and O–H groups in total. The van der Waals surface area contributed by atoms with E-state index in [4.69, 9.17) is 0 Å². The largest absolute Gasteiger partial charge is 0.465 e. The lowest BCUT2D eigenvalue weighted by Crippen LogP contribution is -2.15. The van der Waals surface area contributed by atoms with Crippen molar-refractivity contribution in [1.29, 1.82) is 0 Å². The molecule has 1 aliphatic rings. The standard InChI is InChI=1S/C11H13N3O3/c1-6(11(16)17-3)10(15)8-4-7(8)9-5-14(2)13-12-9/h5,7-8H,1,4H2,2-3H3/t7-,8-/m1/s1. The van der Waals surface area contributed by atoms with Crippen LogP contribution in [0.15, 0.2) is 18.3 Å². The van der Waals surface area contributed by atoms with Crippen molar-refractivity contribution < 1.29 is 14.3 Å². The van der Waals surface area contributed by atoms with Gasteiger partial charge < -0.3 is 4.74 Å². The number of Topliss-reactive ketones (excluding diaryl/α,β-unsaturated/α-hetero) is 1. The average molecular weight is 235 g/mol. The smallest absolute Gasteiger partial charge is 0.340 e. The zero-order valence-corrected chi connectivity index (χ0v) is 9.71. The molecule has 0 amide bonds. The molecule has 0 bridgehead atoms. The number of nitrogens with zero attached hydrogens (tertiary/aromatic N) is 3. The molecule has 1 aliphatic carbocycles. The predicted molar refractivity (Wildman–Crippen MR) is 58.0 cm³/mol. The Morgan fingerprint density at radius 3 is 2.82 bits per heavy atom. The summed E-state index contributed by atoms with van der Waals surface area (Å²) in [5, 5.41) is 7.76. The molecule has 0 aliphatic heterocycles. The summed E-state index contributed by atoms with van der Waals surface area (Å²) in [6.07, 6.45) is 2.46. The highest BCUT2D eigenvalue weighted by Gasteiger charge is 2.47. The molecule has 90 valence electrons. The molecule has 1 aromatic rings. The van der Waals surface area contributed by atoms with Gasteiger partial charge in [-0.3, -0.25) is 9.48 Å². The molecule has 6 heteroatoms. The Kier molecular flexibility index (Phi) is 2.79. The Morgan fingerprint density at radius 2 is 2.29 bits per heavy atom. The molecule has 0 saturated heterocycles. The number of hydrogen-bond acceptors (Lipinski definition) is 5. The van der Waals surface area contributed by atoms with Gasteiger partial charge in [-0.2, -0.15) is 0 Å². The maximum absolute atomic E-state index is 11.8. The van der Waals surface area contributed by atoms with Crippen LogP contribution in [0.1, 0.15) is 18.0 Å². The van der Waals surface area contributed by atoms with Crippen LogP contribution in [0.4, 0.5) is 0 Å². The number of hydrogen-bond donors (Lipinski definition) is 0. The number of esters is 1. The molecule has 1 saturated carbocycles. The molecule has 1 heterocycles. The van der Waals surface area contributed by atoms with Crippen LogP contribution < -0.4 is 0 Å².